The first-order valence-electron chi connectivity index (χ1n) is 11.3. The molecule has 2 aromatic heterocycles. The highest BCUT2D eigenvalue weighted by atomic mass is 32.2. The van der Waals surface area contributed by atoms with Crippen LogP contribution < -0.4 is 10.5 Å². The zero-order valence-corrected chi connectivity index (χ0v) is 19.6. The lowest BCUT2D eigenvalue weighted by Gasteiger charge is -2.30. The zero-order chi connectivity index (χ0) is 24.6. The Bertz CT molecular complexity index is 1450. The van der Waals surface area contributed by atoms with Crippen molar-refractivity contribution >= 4 is 26.7 Å². The Labute approximate surface area is 201 Å². The summed E-state index contributed by atoms with van der Waals surface area (Å²) in [5.74, 6) is -2.66. The van der Waals surface area contributed by atoms with E-state index in [-0.39, 0.29) is 59.3 Å². The predicted octanol–water partition coefficient (Wildman–Crippen LogP) is 5.18. The molecular weight excluding hydrogens is 474 g/mol. The van der Waals surface area contributed by atoms with Crippen LogP contribution in [0.4, 0.5) is 14.6 Å². The predicted molar refractivity (Wildman–Crippen MR) is 127 cm³/mol. The molecule has 1 aliphatic carbocycles. The van der Waals surface area contributed by atoms with Crippen molar-refractivity contribution < 1.29 is 21.9 Å². The molecule has 0 bridgehead atoms. The molecule has 1 aliphatic rings. The van der Waals surface area contributed by atoms with Gasteiger partial charge in [0.15, 0.2) is 0 Å². The van der Waals surface area contributed by atoms with Gasteiger partial charge in [0, 0.05) is 18.9 Å². The summed E-state index contributed by atoms with van der Waals surface area (Å²) in [4.78, 5) is 8.43. The van der Waals surface area contributed by atoms with E-state index in [1.54, 1.807) is 22.8 Å². The van der Waals surface area contributed by atoms with Gasteiger partial charge >= 0.3 is 0 Å². The minimum atomic E-state index is -4.06. The fraction of sp³-hybridized carbons (Fsp3) is 0.280. The Hall–Kier alpha value is -3.53. The van der Waals surface area contributed by atoms with Gasteiger partial charge in [0.1, 0.15) is 34.7 Å². The molecule has 4 aromatic rings. The van der Waals surface area contributed by atoms with Crippen LogP contribution in [-0.4, -0.2) is 28.9 Å². The molecule has 0 spiro atoms. The van der Waals surface area contributed by atoms with Crippen molar-refractivity contribution in [2.75, 3.05) is 5.73 Å². The van der Waals surface area contributed by atoms with Gasteiger partial charge in [0.25, 0.3) is 0 Å². The van der Waals surface area contributed by atoms with E-state index in [1.165, 1.54) is 18.5 Å². The molecule has 0 unspecified atom stereocenters. The maximum atomic E-state index is 13.9. The first-order chi connectivity index (χ1) is 16.8. The fourth-order valence-corrected chi connectivity index (χ4v) is 6.10. The smallest absolute Gasteiger partial charge is 0.248 e. The third kappa shape index (κ3) is 4.34. The number of ether oxygens (including phenoxy) is 1. The molecule has 2 aromatic carbocycles. The summed E-state index contributed by atoms with van der Waals surface area (Å²) in [6.07, 6.45) is 0.875. The lowest BCUT2D eigenvalue weighted by molar-refractivity contribution is -0.0434. The van der Waals surface area contributed by atoms with Crippen molar-refractivity contribution in [2.24, 2.45) is 0 Å². The maximum Gasteiger partial charge on any atom is 0.248 e. The molecule has 7 nitrogen and oxygen atoms in total. The summed E-state index contributed by atoms with van der Waals surface area (Å²) >= 11 is 0. The molecule has 2 N–H and O–H groups in total. The number of nitrogen functional groups attached to an aromatic ring is 1. The van der Waals surface area contributed by atoms with Gasteiger partial charge in [-0.3, -0.25) is 0 Å². The van der Waals surface area contributed by atoms with E-state index in [0.717, 1.165) is 5.56 Å². The van der Waals surface area contributed by atoms with Crippen LogP contribution in [0.25, 0.3) is 11.0 Å². The van der Waals surface area contributed by atoms with Crippen LogP contribution >= 0.6 is 0 Å². The van der Waals surface area contributed by atoms with Crippen molar-refractivity contribution in [1.29, 1.82) is 0 Å². The standard InChI is InChI=1S/C25H24F2N4O3S/c26-25(27)13-11-18(12-14-25)31-21-20(22(23(31)28)35(32,33)19-9-5-2-6-10-19)29-16-30-24(21)34-15-17-7-3-1-4-8-17/h1-10,16,18H,11-15,28H2. The van der Waals surface area contributed by atoms with Gasteiger partial charge in [-0.25, -0.2) is 22.2 Å². The molecule has 5 rings (SSSR count). The Morgan fingerprint density at radius 2 is 1.63 bits per heavy atom. The Morgan fingerprint density at radius 1 is 1.00 bits per heavy atom. The number of hydrogen-bond acceptors (Lipinski definition) is 6. The number of nitrogens with zero attached hydrogens (tertiary/aromatic N) is 3. The van der Waals surface area contributed by atoms with E-state index < -0.39 is 21.8 Å². The Morgan fingerprint density at radius 3 is 2.29 bits per heavy atom. The Balaban J connectivity index is 1.68. The van der Waals surface area contributed by atoms with E-state index in [0.29, 0.717) is 5.52 Å². The van der Waals surface area contributed by atoms with Gasteiger partial charge in [-0.05, 0) is 30.5 Å². The molecule has 10 heteroatoms. The van der Waals surface area contributed by atoms with Gasteiger partial charge < -0.3 is 15.0 Å². The van der Waals surface area contributed by atoms with Gasteiger partial charge in [0.2, 0.25) is 21.6 Å². The summed E-state index contributed by atoms with van der Waals surface area (Å²) in [7, 11) is -4.06. The molecular formula is C25H24F2N4O3S. The molecule has 0 atom stereocenters. The molecule has 0 amide bonds. The number of anilines is 1. The summed E-state index contributed by atoms with van der Waals surface area (Å²) in [5, 5.41) is 0. The largest absolute Gasteiger partial charge is 0.471 e. The number of hydrogen-bond donors (Lipinski definition) is 1. The summed E-state index contributed by atoms with van der Waals surface area (Å²) in [5.41, 5.74) is 7.79. The van der Waals surface area contributed by atoms with Crippen molar-refractivity contribution in [1.82, 2.24) is 14.5 Å². The van der Waals surface area contributed by atoms with E-state index in [1.807, 2.05) is 30.3 Å². The maximum absolute atomic E-state index is 13.9. The topological polar surface area (TPSA) is 100 Å². The van der Waals surface area contributed by atoms with Gasteiger partial charge in [-0.2, -0.15) is 4.98 Å². The van der Waals surface area contributed by atoms with Crippen molar-refractivity contribution in [3.05, 3.63) is 72.6 Å². The number of alkyl halides is 2. The Kier molecular flexibility index (Phi) is 5.92. The summed E-state index contributed by atoms with van der Waals surface area (Å²) in [6, 6.07) is 16.9. The van der Waals surface area contributed by atoms with Crippen LogP contribution in [0.5, 0.6) is 5.88 Å². The number of sulfone groups is 1. The van der Waals surface area contributed by atoms with Crippen LogP contribution in [0.3, 0.4) is 0 Å². The van der Waals surface area contributed by atoms with Crippen LogP contribution in [0.1, 0.15) is 37.3 Å². The molecule has 1 saturated carbocycles. The van der Waals surface area contributed by atoms with E-state index in [4.69, 9.17) is 10.5 Å². The normalized spacial score (nSPS) is 16.4. The van der Waals surface area contributed by atoms with Gasteiger partial charge in [-0.15, -0.1) is 0 Å². The van der Waals surface area contributed by atoms with Crippen LogP contribution in [0.2, 0.25) is 0 Å². The van der Waals surface area contributed by atoms with Gasteiger partial charge in [0.05, 0.1) is 4.90 Å². The average molecular weight is 499 g/mol. The van der Waals surface area contributed by atoms with E-state index in [2.05, 4.69) is 9.97 Å². The van der Waals surface area contributed by atoms with Crippen molar-refractivity contribution in [3.8, 4) is 5.88 Å². The number of nitrogens with two attached hydrogens (primary N) is 1. The van der Waals surface area contributed by atoms with E-state index in [9.17, 15) is 17.2 Å². The van der Waals surface area contributed by atoms with Crippen molar-refractivity contribution in [3.63, 3.8) is 0 Å². The minimum absolute atomic E-state index is 0.0517. The number of benzene rings is 2. The highest BCUT2D eigenvalue weighted by Crippen LogP contribution is 2.45. The number of fused-ring (bicyclic) bond motifs is 1. The molecule has 182 valence electrons. The molecule has 0 saturated heterocycles. The molecule has 35 heavy (non-hydrogen) atoms. The second-order valence-corrected chi connectivity index (χ2v) is 10.5. The highest BCUT2D eigenvalue weighted by Gasteiger charge is 2.39. The lowest BCUT2D eigenvalue weighted by Crippen LogP contribution is -2.27. The molecule has 0 aliphatic heterocycles. The molecule has 0 radical (unpaired) electrons. The highest BCUT2D eigenvalue weighted by molar-refractivity contribution is 7.92. The quantitative estimate of drug-likeness (QED) is 0.393. The van der Waals surface area contributed by atoms with Gasteiger partial charge in [-0.1, -0.05) is 48.5 Å². The van der Waals surface area contributed by atoms with Crippen LogP contribution in [0, 0.1) is 0 Å². The minimum Gasteiger partial charge on any atom is -0.471 e. The van der Waals surface area contributed by atoms with E-state index >= 15 is 0 Å². The van der Waals surface area contributed by atoms with Crippen LogP contribution in [-0.2, 0) is 16.4 Å². The third-order valence-corrected chi connectivity index (χ3v) is 8.16. The number of rotatable bonds is 6. The molecule has 2 heterocycles. The number of aromatic nitrogens is 3. The fourth-order valence-electron chi connectivity index (χ4n) is 4.57. The van der Waals surface area contributed by atoms with Crippen molar-refractivity contribution in [2.45, 2.75) is 54.0 Å². The zero-order valence-electron chi connectivity index (χ0n) is 18.8. The molecule has 1 fully saturated rings. The average Bonchev–Trinajstić information content (AvgIpc) is 3.17. The SMILES string of the molecule is Nc1c(S(=O)(=O)c2ccccc2)c2ncnc(OCc3ccccc3)c2n1C1CCC(F)(F)CC1. The monoisotopic (exact) mass is 498 g/mol. The second kappa shape index (κ2) is 8.92. The summed E-state index contributed by atoms with van der Waals surface area (Å²) < 4.78 is 62.7. The number of halogens is 2. The first-order valence-corrected chi connectivity index (χ1v) is 12.8. The second-order valence-electron chi connectivity index (χ2n) is 8.64. The summed E-state index contributed by atoms with van der Waals surface area (Å²) in [6.45, 7) is 0.182. The lowest BCUT2D eigenvalue weighted by atomic mass is 9.92. The van der Waals surface area contributed by atoms with Crippen LogP contribution in [0.15, 0.2) is 76.8 Å². The first kappa shape index (κ1) is 23.2. The third-order valence-electron chi connectivity index (χ3n) is 6.33.